The maximum absolute atomic E-state index is 13.5. The number of furan rings is 1. The van der Waals surface area contributed by atoms with Crippen molar-refractivity contribution < 1.29 is 28.6 Å². The zero-order valence-electron chi connectivity index (χ0n) is 21.2. The van der Waals surface area contributed by atoms with Crippen LogP contribution in [0.3, 0.4) is 0 Å². The number of nitrogens with zero attached hydrogens (tertiary/aromatic N) is 2. The SMILES string of the molecule is CCCCCOc1cccc(C2C(C(=O)c3ccco3)=C(O)C(=O)N2c2nc3ccc(OCC)cc3s2)c1. The highest BCUT2D eigenvalue weighted by molar-refractivity contribution is 7.22. The summed E-state index contributed by atoms with van der Waals surface area (Å²) in [6, 6.07) is 14.9. The summed E-state index contributed by atoms with van der Waals surface area (Å²) >= 11 is 1.28. The maximum atomic E-state index is 13.5. The predicted octanol–water partition coefficient (Wildman–Crippen LogP) is 6.64. The van der Waals surface area contributed by atoms with Crippen LogP contribution in [0.4, 0.5) is 5.13 Å². The molecular weight excluding hydrogens is 504 g/mol. The summed E-state index contributed by atoms with van der Waals surface area (Å²) in [7, 11) is 0. The van der Waals surface area contributed by atoms with Gasteiger partial charge >= 0.3 is 0 Å². The lowest BCUT2D eigenvalue weighted by atomic mass is 9.95. The second kappa shape index (κ2) is 11.1. The van der Waals surface area contributed by atoms with Gasteiger partial charge in [0.2, 0.25) is 5.78 Å². The van der Waals surface area contributed by atoms with E-state index >= 15 is 0 Å². The zero-order chi connectivity index (χ0) is 26.6. The van der Waals surface area contributed by atoms with Crippen LogP contribution in [0.1, 0.15) is 55.3 Å². The number of carbonyl (C=O) groups is 2. The number of thiazole rings is 1. The third kappa shape index (κ3) is 4.89. The van der Waals surface area contributed by atoms with Gasteiger partial charge in [-0.05, 0) is 61.4 Å². The molecular formula is C29H28N2O6S. The molecule has 9 heteroatoms. The van der Waals surface area contributed by atoms with E-state index in [4.69, 9.17) is 13.9 Å². The largest absolute Gasteiger partial charge is 0.503 e. The van der Waals surface area contributed by atoms with E-state index in [1.165, 1.54) is 28.6 Å². The third-order valence-electron chi connectivity index (χ3n) is 6.25. The molecule has 1 N–H and O–H groups in total. The first-order valence-electron chi connectivity index (χ1n) is 12.6. The van der Waals surface area contributed by atoms with E-state index in [1.54, 1.807) is 18.2 Å². The Labute approximate surface area is 224 Å². The number of hydrogen-bond donors (Lipinski definition) is 1. The van der Waals surface area contributed by atoms with E-state index in [-0.39, 0.29) is 11.3 Å². The molecule has 2 aromatic carbocycles. The van der Waals surface area contributed by atoms with Gasteiger partial charge < -0.3 is 19.0 Å². The van der Waals surface area contributed by atoms with Gasteiger partial charge in [-0.15, -0.1) is 0 Å². The van der Waals surface area contributed by atoms with Crippen LogP contribution in [0.2, 0.25) is 0 Å². The molecule has 2 aromatic heterocycles. The van der Waals surface area contributed by atoms with Crippen molar-refractivity contribution in [3.05, 3.63) is 83.5 Å². The molecule has 0 fully saturated rings. The molecule has 8 nitrogen and oxygen atoms in total. The molecule has 196 valence electrons. The van der Waals surface area contributed by atoms with Crippen molar-refractivity contribution in [2.24, 2.45) is 0 Å². The molecule has 3 heterocycles. The van der Waals surface area contributed by atoms with Gasteiger partial charge in [0.15, 0.2) is 16.7 Å². The normalized spacial score (nSPS) is 15.5. The molecule has 0 spiro atoms. The van der Waals surface area contributed by atoms with Crippen molar-refractivity contribution in [2.45, 2.75) is 39.2 Å². The highest BCUT2D eigenvalue weighted by Gasteiger charge is 2.46. The van der Waals surface area contributed by atoms with Crippen LogP contribution in [0.15, 0.2) is 76.6 Å². The van der Waals surface area contributed by atoms with Crippen molar-refractivity contribution >= 4 is 38.4 Å². The summed E-state index contributed by atoms with van der Waals surface area (Å²) in [5.41, 5.74) is 1.22. The molecule has 1 unspecified atom stereocenters. The van der Waals surface area contributed by atoms with Gasteiger partial charge in [0, 0.05) is 0 Å². The molecule has 4 aromatic rings. The fourth-order valence-corrected chi connectivity index (χ4v) is 5.48. The van der Waals surface area contributed by atoms with Gasteiger partial charge in [-0.25, -0.2) is 4.98 Å². The van der Waals surface area contributed by atoms with Gasteiger partial charge in [0.1, 0.15) is 11.5 Å². The summed E-state index contributed by atoms with van der Waals surface area (Å²) in [5.74, 6) is -0.552. The van der Waals surface area contributed by atoms with Gasteiger partial charge in [0.05, 0.1) is 41.3 Å². The van der Waals surface area contributed by atoms with E-state index in [9.17, 15) is 14.7 Å². The summed E-state index contributed by atoms with van der Waals surface area (Å²) in [6.07, 6.45) is 4.44. The quantitative estimate of drug-likeness (QED) is 0.171. The first kappa shape index (κ1) is 25.5. The topological polar surface area (TPSA) is 102 Å². The van der Waals surface area contributed by atoms with Crippen molar-refractivity contribution in [3.8, 4) is 11.5 Å². The minimum atomic E-state index is -0.925. The van der Waals surface area contributed by atoms with Crippen LogP contribution in [-0.4, -0.2) is 35.0 Å². The maximum Gasteiger partial charge on any atom is 0.296 e. The molecule has 0 radical (unpaired) electrons. The minimum absolute atomic E-state index is 0.0313. The Bertz CT molecular complexity index is 1490. The molecule has 0 aliphatic carbocycles. The van der Waals surface area contributed by atoms with Crippen molar-refractivity contribution in [1.29, 1.82) is 0 Å². The Morgan fingerprint density at radius 1 is 1.08 bits per heavy atom. The Hall–Kier alpha value is -4.11. The zero-order valence-corrected chi connectivity index (χ0v) is 22.0. The predicted molar refractivity (Wildman–Crippen MR) is 145 cm³/mol. The molecule has 38 heavy (non-hydrogen) atoms. The molecule has 1 atom stereocenters. The van der Waals surface area contributed by atoms with E-state index in [2.05, 4.69) is 11.9 Å². The number of hydrogen-bond acceptors (Lipinski definition) is 8. The van der Waals surface area contributed by atoms with Gasteiger partial charge in [-0.1, -0.05) is 43.2 Å². The molecule has 0 saturated carbocycles. The molecule has 0 bridgehead atoms. The highest BCUT2D eigenvalue weighted by Crippen LogP contribution is 2.45. The van der Waals surface area contributed by atoms with Gasteiger partial charge in [0.25, 0.3) is 5.91 Å². The number of rotatable bonds is 11. The van der Waals surface area contributed by atoms with E-state index in [0.29, 0.717) is 40.9 Å². The lowest BCUT2D eigenvalue weighted by Gasteiger charge is -2.24. The first-order valence-corrected chi connectivity index (χ1v) is 13.4. The molecule has 1 aliphatic heterocycles. The van der Waals surface area contributed by atoms with Crippen LogP contribution in [0.25, 0.3) is 10.2 Å². The smallest absolute Gasteiger partial charge is 0.296 e. The summed E-state index contributed by atoms with van der Waals surface area (Å²) < 4.78 is 17.7. The molecule has 5 rings (SSSR count). The fraction of sp³-hybridized carbons (Fsp3) is 0.276. The molecule has 1 aliphatic rings. The summed E-state index contributed by atoms with van der Waals surface area (Å²) in [6.45, 7) is 5.12. The fourth-order valence-electron chi connectivity index (χ4n) is 4.46. The van der Waals surface area contributed by atoms with Crippen LogP contribution in [-0.2, 0) is 4.79 Å². The van der Waals surface area contributed by atoms with Crippen molar-refractivity contribution in [3.63, 3.8) is 0 Å². The number of ether oxygens (including phenoxy) is 2. The first-order chi connectivity index (χ1) is 18.5. The lowest BCUT2D eigenvalue weighted by Crippen LogP contribution is -2.31. The number of aliphatic hydroxyl groups is 1. The van der Waals surface area contributed by atoms with Crippen LogP contribution < -0.4 is 14.4 Å². The number of fused-ring (bicyclic) bond motifs is 1. The Morgan fingerprint density at radius 2 is 1.92 bits per heavy atom. The standard InChI is InChI=1S/C29H28N2O6S/c1-3-5-6-14-36-19-10-7-9-18(16-19)25-24(26(32)22-11-8-15-37-22)27(33)28(34)31(25)29-30-21-13-12-20(35-4-2)17-23(21)38-29/h7-13,15-17,25,33H,3-6,14H2,1-2H3. The Kier molecular flexibility index (Phi) is 7.46. The second-order valence-electron chi connectivity index (χ2n) is 8.83. The summed E-state index contributed by atoms with van der Waals surface area (Å²) in [5, 5.41) is 11.4. The number of unbranched alkanes of at least 4 members (excludes halogenated alkanes) is 2. The van der Waals surface area contributed by atoms with Gasteiger partial charge in [-0.2, -0.15) is 0 Å². The minimum Gasteiger partial charge on any atom is -0.503 e. The van der Waals surface area contributed by atoms with Gasteiger partial charge in [-0.3, -0.25) is 14.5 Å². The van der Waals surface area contributed by atoms with E-state index in [1.807, 2.05) is 37.3 Å². The highest BCUT2D eigenvalue weighted by atomic mass is 32.1. The second-order valence-corrected chi connectivity index (χ2v) is 9.84. The monoisotopic (exact) mass is 532 g/mol. The van der Waals surface area contributed by atoms with E-state index < -0.39 is 23.5 Å². The molecule has 1 amide bonds. The van der Waals surface area contributed by atoms with Crippen molar-refractivity contribution in [1.82, 2.24) is 4.98 Å². The average Bonchev–Trinajstić information content (AvgIpc) is 3.65. The Balaban J connectivity index is 1.57. The number of Topliss-reactive ketones (excluding diaryl/α,β-unsaturated/α-hetero) is 1. The third-order valence-corrected chi connectivity index (χ3v) is 7.27. The Morgan fingerprint density at radius 3 is 2.68 bits per heavy atom. The van der Waals surface area contributed by atoms with Crippen LogP contribution >= 0.6 is 11.3 Å². The number of anilines is 1. The molecule has 0 saturated heterocycles. The number of benzene rings is 2. The summed E-state index contributed by atoms with van der Waals surface area (Å²) in [4.78, 5) is 33.0. The number of aliphatic hydroxyl groups excluding tert-OH is 1. The number of carbonyl (C=O) groups excluding carboxylic acids is 2. The average molecular weight is 533 g/mol. The lowest BCUT2D eigenvalue weighted by molar-refractivity contribution is -0.117. The van der Waals surface area contributed by atoms with E-state index in [0.717, 1.165) is 24.0 Å². The van der Waals surface area contributed by atoms with Crippen LogP contribution in [0, 0.1) is 0 Å². The van der Waals surface area contributed by atoms with Crippen molar-refractivity contribution in [2.75, 3.05) is 18.1 Å². The van der Waals surface area contributed by atoms with Crippen LogP contribution in [0.5, 0.6) is 11.5 Å². The number of amides is 1. The number of ketones is 1. The number of aromatic nitrogens is 1.